The Morgan fingerprint density at radius 3 is 0.455 bits per heavy atom. The van der Waals surface area contributed by atoms with E-state index in [1.165, 1.54) is 0 Å². The average Bonchev–Trinajstić information content (AvgIpc) is 2.95. The Bertz CT molecular complexity index is 526. The first-order valence-electron chi connectivity index (χ1n) is 11.2. The van der Waals surface area contributed by atoms with E-state index in [0.717, 1.165) is 0 Å². The van der Waals surface area contributed by atoms with Gasteiger partial charge in [-0.3, -0.25) is 0 Å². The molecule has 0 aliphatic carbocycles. The molecule has 0 heterocycles. The zero-order valence-electron chi connectivity index (χ0n) is 24.3. The first-order chi connectivity index (χ1) is 18.6. The van der Waals surface area contributed by atoms with Crippen LogP contribution in [0.4, 0.5) is 0 Å². The molecule has 0 saturated heterocycles. The molecule has 22 nitrogen and oxygen atoms in total. The largest absolute Gasteiger partial charge is 1.00 e. The molecule has 0 amide bonds. The van der Waals surface area contributed by atoms with Crippen LogP contribution in [0.2, 0.25) is 0 Å². The molecule has 0 rings (SSSR count). The van der Waals surface area contributed by atoms with Crippen molar-refractivity contribution in [3.8, 4) is 0 Å². The van der Waals surface area contributed by atoms with Gasteiger partial charge in [0.2, 0.25) is 0 Å². The molecule has 0 aliphatic rings. The van der Waals surface area contributed by atoms with Crippen LogP contribution in [0.5, 0.6) is 0 Å². The third-order valence-corrected chi connectivity index (χ3v) is 4.54. The molecule has 254 valence electrons. The van der Waals surface area contributed by atoms with E-state index in [1.54, 1.807) is 0 Å². The summed E-state index contributed by atoms with van der Waals surface area (Å²) in [6.45, 7) is -4.35. The summed E-state index contributed by atoms with van der Waals surface area (Å²) in [5.74, 6) is 0. The Labute approximate surface area is 379 Å². The quantitative estimate of drug-likeness (QED) is 0.0544. The molecule has 0 saturated carbocycles. The Morgan fingerprint density at radius 1 is 0.341 bits per heavy atom. The van der Waals surface area contributed by atoms with E-state index in [4.69, 9.17) is 111 Å². The summed E-state index contributed by atoms with van der Waals surface area (Å²) in [4.78, 5) is 25.6. The van der Waals surface area contributed by atoms with Crippen molar-refractivity contribution in [2.75, 3.05) is 39.6 Å². The summed E-state index contributed by atoms with van der Waals surface area (Å²) < 4.78 is 8.55. The van der Waals surface area contributed by atoms with Gasteiger partial charge in [-0.1, -0.05) is 0 Å². The first-order valence-corrected chi connectivity index (χ1v) is 12.6. The summed E-state index contributed by atoms with van der Waals surface area (Å²) in [5, 5.41) is 157. The van der Waals surface area contributed by atoms with Gasteiger partial charge in [-0.15, -0.1) is 0 Å². The van der Waals surface area contributed by atoms with Gasteiger partial charge in [0.25, 0.3) is 0 Å². The number of aliphatic hydroxyl groups is 18. The summed E-state index contributed by atoms with van der Waals surface area (Å²) in [7, 11) is -5.39. The van der Waals surface area contributed by atoms with Crippen LogP contribution < -0.4 is 169 Å². The third-order valence-electron chi connectivity index (χ3n) is 4.54. The molecule has 0 aliphatic heterocycles. The number of hydrogen-bond acceptors (Lipinski definition) is 22. The molecule has 0 aromatic heterocycles. The molecule has 18 N–H and O–H groups in total. The van der Waals surface area contributed by atoms with Gasteiger partial charge in [-0.2, -0.15) is 7.82 Å². The van der Waals surface area contributed by atoms with Crippen molar-refractivity contribution < 1.29 is 265 Å². The van der Waals surface area contributed by atoms with E-state index in [-0.39, 0.29) is 154 Å². The maximum atomic E-state index is 8.96. The van der Waals surface area contributed by atoms with E-state index in [2.05, 4.69) is 0 Å². The predicted octanol–water partition coefficient (Wildman–Crippen LogP) is -22.6. The minimum Gasteiger partial charge on any atom is -0.822 e. The maximum absolute atomic E-state index is 8.96. The Balaban J connectivity index is -0.0000000839. The molecule has 0 aromatic carbocycles. The van der Waals surface area contributed by atoms with Crippen molar-refractivity contribution in [3.63, 3.8) is 0 Å². The van der Waals surface area contributed by atoms with Gasteiger partial charge >= 0.3 is 154 Å². The second-order valence-electron chi connectivity index (χ2n) is 7.89. The van der Waals surface area contributed by atoms with Crippen LogP contribution in [-0.2, 0) is 4.57 Å². The molecule has 0 fully saturated rings. The van der Waals surface area contributed by atoms with Gasteiger partial charge in [-0.25, -0.2) is 0 Å². The van der Waals surface area contributed by atoms with E-state index >= 15 is 0 Å². The van der Waals surface area contributed by atoms with Gasteiger partial charge in [0, 0.05) is 0 Å². The minimum absolute atomic E-state index is 0. The third kappa shape index (κ3) is 34.7. The second-order valence-corrected chi connectivity index (χ2v) is 8.78. The van der Waals surface area contributed by atoms with Crippen LogP contribution in [-0.4, -0.2) is 205 Å². The van der Waals surface area contributed by atoms with Crippen molar-refractivity contribution in [1.82, 2.24) is 0 Å². The summed E-state index contributed by atoms with van der Waals surface area (Å²) in [6, 6.07) is 0. The van der Waals surface area contributed by atoms with Gasteiger partial charge in [0.05, 0.1) is 39.6 Å². The molecule has 0 aromatic rings. The number of hydrogen-bond donors (Lipinski definition) is 18. The molecule has 26 heteroatoms. The van der Waals surface area contributed by atoms with Crippen molar-refractivity contribution in [1.29, 1.82) is 0 Å². The SMILES string of the molecule is O=P([O-])([O-])[O-].OC[C@@H](O)[C@@H](O)[C@H](O)[C@H](O)CO.OC[C@@H](O)[C@@H](O)[C@H](O)[C@H](O)CO.OC[C@@H](O)[C@@H](O)[C@H](O)[C@H](O)CO.[K+].[K+].[K+]. The van der Waals surface area contributed by atoms with Crippen LogP contribution in [0.1, 0.15) is 0 Å². The maximum Gasteiger partial charge on any atom is 1.00 e. The van der Waals surface area contributed by atoms with E-state index in [0.29, 0.717) is 0 Å². The molecule has 0 bridgehead atoms. The molecule has 12 atom stereocenters. The summed E-state index contributed by atoms with van der Waals surface area (Å²) >= 11 is 0. The molecular weight excluding hydrogens is 716 g/mol. The normalized spacial score (nSPS) is 18.9. The summed E-state index contributed by atoms with van der Waals surface area (Å²) in [6.07, 6.45) is -19.2. The fourth-order valence-corrected chi connectivity index (χ4v) is 2.01. The fourth-order valence-electron chi connectivity index (χ4n) is 2.01. The average molecular weight is 759 g/mol. The standard InChI is InChI=1S/3C6H14O6.3K.H3O4P/c3*7-1-3(9)5(11)6(12)4(10)2-8;;;;1-5(2,3)4/h3*3-12H,1-2H2;;;;(H3,1,2,3,4)/q;;;3*+1;/p-3/t3*3-,4-,5-,6-;;;;/m111..../s1. The Morgan fingerprint density at radius 2 is 0.409 bits per heavy atom. The van der Waals surface area contributed by atoms with Gasteiger partial charge in [-0.05, 0) is 0 Å². The Kier molecular flexibility index (Phi) is 53.4. The molecule has 0 spiro atoms. The van der Waals surface area contributed by atoms with Crippen LogP contribution in [0.3, 0.4) is 0 Å². The van der Waals surface area contributed by atoms with Crippen LogP contribution >= 0.6 is 7.82 Å². The summed E-state index contributed by atoms with van der Waals surface area (Å²) in [5.41, 5.74) is 0. The first kappa shape index (κ1) is 63.4. The van der Waals surface area contributed by atoms with Gasteiger partial charge in [0.15, 0.2) is 0 Å². The number of aliphatic hydroxyl groups excluding tert-OH is 18. The number of rotatable bonds is 15. The second kappa shape index (κ2) is 37.1. The zero-order valence-corrected chi connectivity index (χ0v) is 34.6. The minimum atomic E-state index is -5.39. The number of phosphoric acid groups is 1. The smallest absolute Gasteiger partial charge is 0.822 e. The van der Waals surface area contributed by atoms with Crippen molar-refractivity contribution in [2.24, 2.45) is 0 Å². The zero-order chi connectivity index (χ0) is 33.7. The van der Waals surface area contributed by atoms with Crippen LogP contribution in [0.15, 0.2) is 0 Å². The molecule has 0 radical (unpaired) electrons. The van der Waals surface area contributed by atoms with Crippen molar-refractivity contribution in [2.45, 2.75) is 73.2 Å². The van der Waals surface area contributed by atoms with E-state index < -0.39 is 121 Å². The van der Waals surface area contributed by atoms with E-state index in [9.17, 15) is 0 Å². The molecule has 44 heavy (non-hydrogen) atoms. The monoisotopic (exact) mass is 758 g/mol. The fraction of sp³-hybridized carbons (Fsp3) is 1.00. The van der Waals surface area contributed by atoms with E-state index in [1.807, 2.05) is 0 Å². The van der Waals surface area contributed by atoms with Gasteiger partial charge < -0.3 is 111 Å². The van der Waals surface area contributed by atoms with Crippen molar-refractivity contribution in [3.05, 3.63) is 0 Å². The molecule has 0 unspecified atom stereocenters. The Hall–Kier alpha value is 4.30. The van der Waals surface area contributed by atoms with Gasteiger partial charge in [0.1, 0.15) is 73.2 Å². The molecular formula is C18H42K3O22P. The van der Waals surface area contributed by atoms with Crippen molar-refractivity contribution >= 4 is 7.82 Å². The topological polar surface area (TPSA) is 450 Å². The van der Waals surface area contributed by atoms with Crippen LogP contribution in [0.25, 0.3) is 0 Å². The van der Waals surface area contributed by atoms with Crippen LogP contribution in [0, 0.1) is 0 Å². The predicted molar refractivity (Wildman–Crippen MR) is 122 cm³/mol.